The SMILES string of the molecule is CC(C)(C)OC(=O)NCCc1cn(Cc2cccc(C(=O)O)c2)c2ccc(-c3cccc4ccccc34)cc12. The van der Waals surface area contributed by atoms with Crippen LogP contribution in [0.1, 0.15) is 42.3 Å². The van der Waals surface area contributed by atoms with Gasteiger partial charge in [-0.05, 0) is 84.5 Å². The van der Waals surface area contributed by atoms with Crippen LogP contribution in [0.3, 0.4) is 0 Å². The molecule has 0 aliphatic rings. The first-order valence-electron chi connectivity index (χ1n) is 13.1. The molecule has 0 fully saturated rings. The molecule has 5 rings (SSSR count). The van der Waals surface area contributed by atoms with Crippen molar-refractivity contribution < 1.29 is 19.4 Å². The maximum Gasteiger partial charge on any atom is 0.407 e. The average molecular weight is 521 g/mol. The second kappa shape index (κ2) is 10.7. The number of amides is 1. The quantitative estimate of drug-likeness (QED) is 0.236. The number of rotatable bonds is 7. The van der Waals surface area contributed by atoms with Crippen LogP contribution in [0.2, 0.25) is 0 Å². The Balaban J connectivity index is 1.52. The number of nitrogens with zero attached hydrogens (tertiary/aromatic N) is 1. The van der Waals surface area contributed by atoms with E-state index in [1.54, 1.807) is 18.2 Å². The lowest BCUT2D eigenvalue weighted by atomic mass is 9.96. The van der Waals surface area contributed by atoms with E-state index in [1.165, 1.54) is 10.8 Å². The highest BCUT2D eigenvalue weighted by Crippen LogP contribution is 2.33. The van der Waals surface area contributed by atoms with E-state index in [1.807, 2.05) is 32.9 Å². The molecule has 0 aliphatic carbocycles. The number of alkyl carbamates (subject to hydrolysis) is 1. The van der Waals surface area contributed by atoms with Gasteiger partial charge in [0.25, 0.3) is 0 Å². The predicted molar refractivity (Wildman–Crippen MR) is 155 cm³/mol. The number of aromatic nitrogens is 1. The molecule has 0 atom stereocenters. The van der Waals surface area contributed by atoms with E-state index in [9.17, 15) is 14.7 Å². The molecule has 0 spiro atoms. The van der Waals surface area contributed by atoms with Gasteiger partial charge in [0.15, 0.2) is 0 Å². The standard InChI is InChI=1S/C33H32N2O4/c1-33(2,3)39-32(38)34-17-16-26-21-35(20-22-8-6-11-25(18-22)31(36)37)30-15-14-24(19-29(26)30)28-13-7-10-23-9-4-5-12-27(23)28/h4-15,18-19,21H,16-17,20H2,1-3H3,(H,34,38)(H,36,37). The average Bonchev–Trinajstić information content (AvgIpc) is 3.23. The Labute approximate surface area is 227 Å². The summed E-state index contributed by atoms with van der Waals surface area (Å²) in [7, 11) is 0. The number of hydrogen-bond acceptors (Lipinski definition) is 3. The zero-order valence-corrected chi connectivity index (χ0v) is 22.4. The first-order chi connectivity index (χ1) is 18.7. The van der Waals surface area contributed by atoms with Gasteiger partial charge in [0.05, 0.1) is 5.56 Å². The van der Waals surface area contributed by atoms with Gasteiger partial charge in [0.2, 0.25) is 0 Å². The molecule has 0 unspecified atom stereocenters. The minimum Gasteiger partial charge on any atom is -0.478 e. The Morgan fingerprint density at radius 2 is 1.67 bits per heavy atom. The Morgan fingerprint density at radius 3 is 2.46 bits per heavy atom. The molecule has 5 aromatic rings. The smallest absolute Gasteiger partial charge is 0.407 e. The third kappa shape index (κ3) is 5.96. The van der Waals surface area contributed by atoms with Gasteiger partial charge in [0, 0.05) is 30.2 Å². The highest BCUT2D eigenvalue weighted by molar-refractivity contribution is 5.99. The Morgan fingerprint density at radius 1 is 0.897 bits per heavy atom. The van der Waals surface area contributed by atoms with Crippen LogP contribution < -0.4 is 5.32 Å². The molecule has 0 saturated carbocycles. The summed E-state index contributed by atoms with van der Waals surface area (Å²) in [5.41, 5.74) is 5.04. The third-order valence-electron chi connectivity index (χ3n) is 6.65. The van der Waals surface area contributed by atoms with Crippen LogP contribution >= 0.6 is 0 Å². The molecule has 4 aromatic carbocycles. The fourth-order valence-electron chi connectivity index (χ4n) is 4.96. The minimum absolute atomic E-state index is 0.268. The topological polar surface area (TPSA) is 80.6 Å². The molecule has 1 amide bonds. The van der Waals surface area contributed by atoms with Gasteiger partial charge in [-0.1, -0.05) is 60.7 Å². The first kappa shape index (κ1) is 26.0. The van der Waals surface area contributed by atoms with Crippen molar-refractivity contribution in [2.45, 2.75) is 39.3 Å². The zero-order chi connectivity index (χ0) is 27.6. The third-order valence-corrected chi connectivity index (χ3v) is 6.65. The fourth-order valence-corrected chi connectivity index (χ4v) is 4.96. The van der Waals surface area contributed by atoms with Crippen molar-refractivity contribution in [2.24, 2.45) is 0 Å². The van der Waals surface area contributed by atoms with E-state index >= 15 is 0 Å². The van der Waals surface area contributed by atoms with Crippen LogP contribution in [0.5, 0.6) is 0 Å². The number of ether oxygens (including phenoxy) is 1. The Bertz CT molecular complexity index is 1670. The summed E-state index contributed by atoms with van der Waals surface area (Å²) < 4.78 is 7.54. The highest BCUT2D eigenvalue weighted by atomic mass is 16.6. The van der Waals surface area contributed by atoms with Crippen LogP contribution in [0.25, 0.3) is 32.8 Å². The lowest BCUT2D eigenvalue weighted by Crippen LogP contribution is -2.33. The number of hydrogen-bond donors (Lipinski definition) is 2. The highest BCUT2D eigenvalue weighted by Gasteiger charge is 2.17. The summed E-state index contributed by atoms with van der Waals surface area (Å²) >= 11 is 0. The minimum atomic E-state index is -0.942. The number of carbonyl (C=O) groups is 2. The van der Waals surface area contributed by atoms with Gasteiger partial charge in [-0.15, -0.1) is 0 Å². The number of nitrogens with one attached hydrogen (secondary N) is 1. The number of fused-ring (bicyclic) bond motifs is 2. The fraction of sp³-hybridized carbons (Fsp3) is 0.212. The van der Waals surface area contributed by atoms with Crippen molar-refractivity contribution in [1.82, 2.24) is 9.88 Å². The van der Waals surface area contributed by atoms with E-state index in [-0.39, 0.29) is 5.56 Å². The van der Waals surface area contributed by atoms with Crippen LogP contribution in [-0.2, 0) is 17.7 Å². The second-order valence-corrected chi connectivity index (χ2v) is 10.7. The summed E-state index contributed by atoms with van der Waals surface area (Å²) in [6.07, 6.45) is 2.28. The summed E-state index contributed by atoms with van der Waals surface area (Å²) in [6.45, 7) is 6.49. The second-order valence-electron chi connectivity index (χ2n) is 10.7. The van der Waals surface area contributed by atoms with E-state index < -0.39 is 17.7 Å². The van der Waals surface area contributed by atoms with Crippen LogP contribution in [0.4, 0.5) is 4.79 Å². The van der Waals surface area contributed by atoms with E-state index in [2.05, 4.69) is 70.7 Å². The maximum atomic E-state index is 12.2. The maximum absolute atomic E-state index is 12.2. The molecule has 0 aliphatic heterocycles. The van der Waals surface area contributed by atoms with Gasteiger partial charge in [-0.3, -0.25) is 0 Å². The molecular formula is C33H32N2O4. The van der Waals surface area contributed by atoms with Crippen LogP contribution in [0, 0.1) is 0 Å². The lowest BCUT2D eigenvalue weighted by molar-refractivity contribution is 0.0528. The summed E-state index contributed by atoms with van der Waals surface area (Å²) in [5.74, 6) is -0.942. The molecule has 39 heavy (non-hydrogen) atoms. The van der Waals surface area contributed by atoms with Gasteiger partial charge in [-0.2, -0.15) is 0 Å². The van der Waals surface area contributed by atoms with Gasteiger partial charge in [-0.25, -0.2) is 9.59 Å². The molecule has 0 saturated heterocycles. The summed E-state index contributed by atoms with van der Waals surface area (Å²) in [4.78, 5) is 23.7. The predicted octanol–water partition coefficient (Wildman–Crippen LogP) is 7.28. The first-order valence-corrected chi connectivity index (χ1v) is 13.1. The largest absolute Gasteiger partial charge is 0.478 e. The summed E-state index contributed by atoms with van der Waals surface area (Å²) in [6, 6.07) is 28.2. The molecule has 1 heterocycles. The van der Waals surface area contributed by atoms with Gasteiger partial charge in [0.1, 0.15) is 5.60 Å². The molecule has 198 valence electrons. The molecule has 1 aromatic heterocycles. The summed E-state index contributed by atoms with van der Waals surface area (Å²) in [5, 5.41) is 15.8. The van der Waals surface area contributed by atoms with Gasteiger partial charge >= 0.3 is 12.1 Å². The zero-order valence-electron chi connectivity index (χ0n) is 22.4. The Kier molecular flexibility index (Phi) is 7.11. The van der Waals surface area contributed by atoms with Crippen LogP contribution in [-0.4, -0.2) is 33.9 Å². The normalized spacial score (nSPS) is 11.6. The molecule has 0 bridgehead atoms. The van der Waals surface area contributed by atoms with Crippen molar-refractivity contribution in [3.63, 3.8) is 0 Å². The van der Waals surface area contributed by atoms with Crippen molar-refractivity contribution in [3.05, 3.63) is 108 Å². The number of carboxylic acids is 1. The molecular weight excluding hydrogens is 488 g/mol. The van der Waals surface area contributed by atoms with Crippen molar-refractivity contribution in [3.8, 4) is 11.1 Å². The molecule has 0 radical (unpaired) electrons. The number of carboxylic acid groups (broad SMARTS) is 1. The molecule has 6 nitrogen and oxygen atoms in total. The van der Waals surface area contributed by atoms with E-state index in [4.69, 9.17) is 4.74 Å². The van der Waals surface area contributed by atoms with E-state index in [0.29, 0.717) is 19.5 Å². The van der Waals surface area contributed by atoms with Crippen molar-refractivity contribution in [2.75, 3.05) is 6.54 Å². The lowest BCUT2D eigenvalue weighted by Gasteiger charge is -2.19. The number of benzene rings is 4. The molecule has 6 heteroatoms. The Hall–Kier alpha value is -4.58. The van der Waals surface area contributed by atoms with Crippen molar-refractivity contribution >= 4 is 33.7 Å². The van der Waals surface area contributed by atoms with Gasteiger partial charge < -0.3 is 19.7 Å². The monoisotopic (exact) mass is 520 g/mol. The number of carbonyl (C=O) groups excluding carboxylic acids is 1. The van der Waals surface area contributed by atoms with E-state index in [0.717, 1.165) is 33.2 Å². The van der Waals surface area contributed by atoms with Crippen molar-refractivity contribution in [1.29, 1.82) is 0 Å². The van der Waals surface area contributed by atoms with Crippen LogP contribution in [0.15, 0.2) is 91.1 Å². The molecule has 2 N–H and O–H groups in total. The number of aromatic carboxylic acids is 1.